The number of fused-ring (bicyclic) bond motifs is 2. The largest absolute Gasteiger partial charge is 0.396 e. The molecule has 2 heterocycles. The minimum absolute atomic E-state index is 0.230. The number of rotatable bonds is 1. The molecule has 1 saturated heterocycles. The van der Waals surface area contributed by atoms with Crippen LogP contribution in [0.15, 0.2) is 22.7 Å². The number of aliphatic hydroxyl groups is 1. The highest BCUT2D eigenvalue weighted by Gasteiger charge is 2.37. The SMILES string of the molecule is OCC1c2cccc(Br)c2NC2CCNCC21. The lowest BCUT2D eigenvalue weighted by atomic mass is 9.75. The predicted molar refractivity (Wildman–Crippen MR) is 72.4 cm³/mol. The van der Waals surface area contributed by atoms with Gasteiger partial charge in [-0.05, 0) is 40.5 Å². The van der Waals surface area contributed by atoms with E-state index in [-0.39, 0.29) is 12.5 Å². The quantitative estimate of drug-likeness (QED) is 0.742. The van der Waals surface area contributed by atoms with Crippen LogP contribution in [0.2, 0.25) is 0 Å². The molecule has 3 atom stereocenters. The van der Waals surface area contributed by atoms with Crippen molar-refractivity contribution in [2.45, 2.75) is 18.4 Å². The highest BCUT2D eigenvalue weighted by atomic mass is 79.9. The van der Waals surface area contributed by atoms with E-state index in [0.29, 0.717) is 12.0 Å². The van der Waals surface area contributed by atoms with E-state index in [0.717, 1.165) is 24.0 Å². The Morgan fingerprint density at radius 1 is 1.41 bits per heavy atom. The molecule has 0 aromatic heterocycles. The maximum atomic E-state index is 9.70. The fourth-order valence-electron chi connectivity index (χ4n) is 3.14. The monoisotopic (exact) mass is 296 g/mol. The maximum Gasteiger partial charge on any atom is 0.0523 e. The first-order valence-electron chi connectivity index (χ1n) is 6.18. The van der Waals surface area contributed by atoms with Gasteiger partial charge in [-0.1, -0.05) is 12.1 Å². The summed E-state index contributed by atoms with van der Waals surface area (Å²) in [6, 6.07) is 6.71. The molecule has 3 N–H and O–H groups in total. The Morgan fingerprint density at radius 3 is 3.12 bits per heavy atom. The predicted octanol–water partition coefficient (Wildman–Crippen LogP) is 1.93. The van der Waals surface area contributed by atoms with E-state index in [1.165, 1.54) is 11.3 Å². The van der Waals surface area contributed by atoms with Gasteiger partial charge in [0.1, 0.15) is 0 Å². The third-order valence-electron chi connectivity index (χ3n) is 4.02. The van der Waals surface area contributed by atoms with Crippen LogP contribution in [0, 0.1) is 5.92 Å². The van der Waals surface area contributed by atoms with Crippen molar-refractivity contribution >= 4 is 21.6 Å². The summed E-state index contributed by atoms with van der Waals surface area (Å²) in [7, 11) is 0. The van der Waals surface area contributed by atoms with Gasteiger partial charge in [-0.25, -0.2) is 0 Å². The smallest absolute Gasteiger partial charge is 0.0523 e. The number of para-hydroxylation sites is 1. The first-order valence-corrected chi connectivity index (χ1v) is 6.97. The Bertz CT molecular complexity index is 424. The van der Waals surface area contributed by atoms with Crippen molar-refractivity contribution in [3.05, 3.63) is 28.2 Å². The lowest BCUT2D eigenvalue weighted by molar-refractivity contribution is 0.189. The average Bonchev–Trinajstić information content (AvgIpc) is 2.37. The summed E-state index contributed by atoms with van der Waals surface area (Å²) in [6.07, 6.45) is 1.13. The van der Waals surface area contributed by atoms with Gasteiger partial charge in [0.2, 0.25) is 0 Å². The molecule has 0 bridgehead atoms. The summed E-state index contributed by atoms with van der Waals surface area (Å²) < 4.78 is 1.10. The van der Waals surface area contributed by atoms with Crippen molar-refractivity contribution in [1.29, 1.82) is 0 Å². The van der Waals surface area contributed by atoms with Gasteiger partial charge >= 0.3 is 0 Å². The Labute approximate surface area is 110 Å². The van der Waals surface area contributed by atoms with Gasteiger partial charge in [-0.2, -0.15) is 0 Å². The van der Waals surface area contributed by atoms with Crippen molar-refractivity contribution in [1.82, 2.24) is 5.32 Å². The average molecular weight is 297 g/mol. The third-order valence-corrected chi connectivity index (χ3v) is 4.68. The number of halogens is 1. The fourth-order valence-corrected chi connectivity index (χ4v) is 3.63. The zero-order valence-electron chi connectivity index (χ0n) is 9.62. The number of aliphatic hydroxyl groups excluding tert-OH is 1. The Morgan fingerprint density at radius 2 is 2.29 bits per heavy atom. The standard InChI is InChI=1S/C13H17BrN2O/c14-11-3-1-2-8-10(7-17)9-6-15-5-4-12(9)16-13(8)11/h1-3,9-10,12,15-17H,4-7H2. The number of benzene rings is 1. The summed E-state index contributed by atoms with van der Waals surface area (Å²) in [6.45, 7) is 2.29. The number of hydrogen-bond acceptors (Lipinski definition) is 3. The van der Waals surface area contributed by atoms with E-state index in [9.17, 15) is 5.11 Å². The van der Waals surface area contributed by atoms with Crippen molar-refractivity contribution in [2.75, 3.05) is 25.0 Å². The van der Waals surface area contributed by atoms with Gasteiger partial charge in [0.15, 0.2) is 0 Å². The van der Waals surface area contributed by atoms with Crippen LogP contribution >= 0.6 is 15.9 Å². The molecule has 4 heteroatoms. The molecule has 3 nitrogen and oxygen atoms in total. The van der Waals surface area contributed by atoms with Crippen LogP contribution in [-0.2, 0) is 0 Å². The molecule has 0 radical (unpaired) electrons. The van der Waals surface area contributed by atoms with Gasteiger partial charge in [-0.3, -0.25) is 0 Å². The van der Waals surface area contributed by atoms with Crippen LogP contribution in [0.4, 0.5) is 5.69 Å². The third kappa shape index (κ3) is 1.88. The van der Waals surface area contributed by atoms with E-state index in [1.54, 1.807) is 0 Å². The molecule has 3 rings (SSSR count). The zero-order valence-corrected chi connectivity index (χ0v) is 11.2. The fraction of sp³-hybridized carbons (Fsp3) is 0.538. The Balaban J connectivity index is 2.04. The molecule has 2 aliphatic heterocycles. The van der Waals surface area contributed by atoms with Crippen LogP contribution in [0.5, 0.6) is 0 Å². The topological polar surface area (TPSA) is 44.3 Å². The molecular weight excluding hydrogens is 280 g/mol. The second kappa shape index (κ2) is 4.59. The van der Waals surface area contributed by atoms with Crippen LogP contribution in [0.3, 0.4) is 0 Å². The van der Waals surface area contributed by atoms with E-state index in [1.807, 2.05) is 6.07 Å². The minimum atomic E-state index is 0.230. The van der Waals surface area contributed by atoms with Crippen molar-refractivity contribution in [3.63, 3.8) is 0 Å². The summed E-state index contributed by atoms with van der Waals surface area (Å²) in [5, 5.41) is 16.8. The van der Waals surface area contributed by atoms with Crippen LogP contribution in [-0.4, -0.2) is 30.8 Å². The van der Waals surface area contributed by atoms with E-state index in [4.69, 9.17) is 0 Å². The van der Waals surface area contributed by atoms with Gasteiger partial charge in [0.25, 0.3) is 0 Å². The van der Waals surface area contributed by atoms with Crippen molar-refractivity contribution in [3.8, 4) is 0 Å². The molecule has 1 aromatic carbocycles. The molecule has 1 aromatic rings. The maximum absolute atomic E-state index is 9.70. The second-order valence-corrected chi connectivity index (χ2v) is 5.75. The van der Waals surface area contributed by atoms with Gasteiger partial charge < -0.3 is 15.7 Å². The van der Waals surface area contributed by atoms with Crippen molar-refractivity contribution in [2.24, 2.45) is 5.92 Å². The molecule has 0 aliphatic carbocycles. The summed E-state index contributed by atoms with van der Waals surface area (Å²) in [5.41, 5.74) is 2.42. The molecule has 2 aliphatic rings. The van der Waals surface area contributed by atoms with E-state index in [2.05, 4.69) is 38.7 Å². The molecule has 1 fully saturated rings. The molecule has 0 saturated carbocycles. The number of nitrogens with one attached hydrogen (secondary N) is 2. The van der Waals surface area contributed by atoms with E-state index >= 15 is 0 Å². The molecule has 0 spiro atoms. The van der Waals surface area contributed by atoms with Crippen LogP contribution in [0.25, 0.3) is 0 Å². The lowest BCUT2D eigenvalue weighted by Gasteiger charge is -2.43. The Hall–Kier alpha value is -0.580. The number of hydrogen-bond donors (Lipinski definition) is 3. The van der Waals surface area contributed by atoms with Crippen LogP contribution < -0.4 is 10.6 Å². The van der Waals surface area contributed by atoms with Gasteiger partial charge in [-0.15, -0.1) is 0 Å². The summed E-state index contributed by atoms with van der Waals surface area (Å²) in [4.78, 5) is 0. The second-order valence-electron chi connectivity index (χ2n) is 4.90. The van der Waals surface area contributed by atoms with Gasteiger partial charge in [0.05, 0.1) is 12.3 Å². The highest BCUT2D eigenvalue weighted by molar-refractivity contribution is 9.10. The minimum Gasteiger partial charge on any atom is -0.396 e. The Kier molecular flexibility index (Phi) is 3.11. The number of piperidine rings is 1. The summed E-state index contributed by atoms with van der Waals surface area (Å²) in [5.74, 6) is 0.747. The summed E-state index contributed by atoms with van der Waals surface area (Å²) >= 11 is 3.60. The molecular formula is C13H17BrN2O. The molecule has 3 unspecified atom stereocenters. The van der Waals surface area contributed by atoms with Crippen LogP contribution in [0.1, 0.15) is 17.9 Å². The zero-order chi connectivity index (χ0) is 11.8. The van der Waals surface area contributed by atoms with E-state index < -0.39 is 0 Å². The first-order chi connectivity index (χ1) is 8.31. The lowest BCUT2D eigenvalue weighted by Crippen LogP contribution is -2.49. The normalized spacial score (nSPS) is 31.3. The molecule has 0 amide bonds. The molecule has 17 heavy (non-hydrogen) atoms. The number of anilines is 1. The molecule has 92 valence electrons. The van der Waals surface area contributed by atoms with Gasteiger partial charge in [0, 0.05) is 28.9 Å². The van der Waals surface area contributed by atoms with Crippen molar-refractivity contribution < 1.29 is 5.11 Å². The first kappa shape index (κ1) is 11.5. The highest BCUT2D eigenvalue weighted by Crippen LogP contribution is 2.42.